The minimum Gasteiger partial charge on any atom is -0.424 e. The third-order valence-electron chi connectivity index (χ3n) is 6.40. The van der Waals surface area contributed by atoms with E-state index in [4.69, 9.17) is 9.72 Å². The van der Waals surface area contributed by atoms with Crippen LogP contribution in [-0.2, 0) is 11.2 Å². The highest BCUT2D eigenvalue weighted by molar-refractivity contribution is 5.83. The highest BCUT2D eigenvalue weighted by atomic mass is 19.1. The van der Waals surface area contributed by atoms with Gasteiger partial charge in [0.25, 0.3) is 0 Å². The molecule has 1 unspecified atom stereocenters. The lowest BCUT2D eigenvalue weighted by Gasteiger charge is -2.18. The van der Waals surface area contributed by atoms with Crippen molar-refractivity contribution in [3.8, 4) is 28.1 Å². The first kappa shape index (κ1) is 26.6. The molecule has 0 fully saturated rings. The summed E-state index contributed by atoms with van der Waals surface area (Å²) in [5, 5.41) is 0. The van der Waals surface area contributed by atoms with E-state index in [0.717, 1.165) is 60.9 Å². The molecule has 0 saturated heterocycles. The van der Waals surface area contributed by atoms with Crippen molar-refractivity contribution in [2.24, 2.45) is 0 Å². The summed E-state index contributed by atoms with van der Waals surface area (Å²) in [5.74, 6) is -0.474. The zero-order valence-corrected chi connectivity index (χ0v) is 21.4. The normalized spacial score (nSPS) is 12.8. The number of aryl methyl sites for hydroxylation is 1. The van der Waals surface area contributed by atoms with Crippen LogP contribution in [0.3, 0.4) is 0 Å². The number of pyridine rings is 1. The number of unbranched alkanes of at least 4 members (excludes halogenated alkanes) is 5. The fourth-order valence-electron chi connectivity index (χ4n) is 4.15. The fourth-order valence-corrected chi connectivity index (χ4v) is 4.15. The van der Waals surface area contributed by atoms with Gasteiger partial charge < -0.3 is 4.74 Å². The standard InChI is InChI=1S/C31H38FNO2/c1-4-6-8-9-12-22-31(3,32)30(34)35-26-19-17-25(18-20-26)27-14-10-11-15-28(27)29-21-16-24(23-33-29)13-7-5-2/h10-11,14-21,23H,4-9,12-13,22H2,1-3H3. The Hall–Kier alpha value is -3.01. The molecule has 4 heteroatoms. The Morgan fingerprint density at radius 3 is 2.20 bits per heavy atom. The fraction of sp³-hybridized carbons (Fsp3) is 0.419. The molecule has 0 spiro atoms. The van der Waals surface area contributed by atoms with E-state index in [1.807, 2.05) is 30.5 Å². The van der Waals surface area contributed by atoms with E-state index in [1.54, 1.807) is 12.1 Å². The maximum absolute atomic E-state index is 14.9. The molecule has 0 amide bonds. The number of rotatable bonds is 13. The van der Waals surface area contributed by atoms with Crippen LogP contribution in [-0.4, -0.2) is 16.6 Å². The summed E-state index contributed by atoms with van der Waals surface area (Å²) < 4.78 is 20.3. The topological polar surface area (TPSA) is 39.2 Å². The SMILES string of the molecule is CCCCCCCC(C)(F)C(=O)Oc1ccc(-c2ccccc2-c2ccc(CCCC)cn2)cc1. The first-order valence-corrected chi connectivity index (χ1v) is 13.0. The van der Waals surface area contributed by atoms with Crippen LogP contribution in [0.25, 0.3) is 22.4 Å². The third-order valence-corrected chi connectivity index (χ3v) is 6.40. The smallest absolute Gasteiger partial charge is 0.348 e. The van der Waals surface area contributed by atoms with Gasteiger partial charge in [0.1, 0.15) is 5.75 Å². The molecule has 1 atom stereocenters. The van der Waals surface area contributed by atoms with Crippen LogP contribution in [0.1, 0.15) is 77.7 Å². The molecule has 0 aliphatic carbocycles. The predicted octanol–water partition coefficient (Wildman–Crippen LogP) is 8.75. The zero-order chi connectivity index (χ0) is 25.1. The van der Waals surface area contributed by atoms with Crippen LogP contribution >= 0.6 is 0 Å². The number of carbonyl (C=O) groups excluding carboxylic acids is 1. The second kappa shape index (κ2) is 13.2. The van der Waals surface area contributed by atoms with Gasteiger partial charge in [-0.05, 0) is 67.5 Å². The number of ether oxygens (including phenoxy) is 1. The molecule has 35 heavy (non-hydrogen) atoms. The van der Waals surface area contributed by atoms with E-state index in [0.29, 0.717) is 12.2 Å². The van der Waals surface area contributed by atoms with Gasteiger partial charge >= 0.3 is 5.97 Å². The second-order valence-electron chi connectivity index (χ2n) is 9.48. The maximum Gasteiger partial charge on any atom is 0.348 e. The van der Waals surface area contributed by atoms with Gasteiger partial charge in [-0.25, -0.2) is 9.18 Å². The number of esters is 1. The molecular formula is C31H38FNO2. The highest BCUT2D eigenvalue weighted by Crippen LogP contribution is 2.32. The van der Waals surface area contributed by atoms with Crippen molar-refractivity contribution in [3.63, 3.8) is 0 Å². The molecule has 3 rings (SSSR count). The molecule has 1 aromatic heterocycles. The monoisotopic (exact) mass is 475 g/mol. The van der Waals surface area contributed by atoms with E-state index < -0.39 is 11.6 Å². The van der Waals surface area contributed by atoms with Crippen molar-refractivity contribution in [1.82, 2.24) is 4.98 Å². The summed E-state index contributed by atoms with van der Waals surface area (Å²) >= 11 is 0. The molecule has 0 bridgehead atoms. The van der Waals surface area contributed by atoms with Crippen molar-refractivity contribution in [3.05, 3.63) is 72.4 Å². The number of hydrogen-bond donors (Lipinski definition) is 0. The Bertz CT molecular complexity index is 1060. The van der Waals surface area contributed by atoms with Crippen LogP contribution in [0.5, 0.6) is 5.75 Å². The van der Waals surface area contributed by atoms with E-state index >= 15 is 0 Å². The number of hydrogen-bond acceptors (Lipinski definition) is 3. The number of carbonyl (C=O) groups is 1. The summed E-state index contributed by atoms with van der Waals surface area (Å²) in [6, 6.07) is 19.6. The average Bonchev–Trinajstić information content (AvgIpc) is 2.88. The largest absolute Gasteiger partial charge is 0.424 e. The van der Waals surface area contributed by atoms with Crippen molar-refractivity contribution in [2.75, 3.05) is 0 Å². The van der Waals surface area contributed by atoms with Crippen LogP contribution in [0.4, 0.5) is 4.39 Å². The van der Waals surface area contributed by atoms with E-state index in [1.165, 1.54) is 18.9 Å². The first-order valence-electron chi connectivity index (χ1n) is 13.0. The van der Waals surface area contributed by atoms with E-state index in [9.17, 15) is 9.18 Å². The van der Waals surface area contributed by atoms with Crippen LogP contribution in [0, 0.1) is 0 Å². The molecule has 186 valence electrons. The first-order chi connectivity index (χ1) is 16.9. The van der Waals surface area contributed by atoms with Crippen LogP contribution in [0.15, 0.2) is 66.9 Å². The lowest BCUT2D eigenvalue weighted by atomic mass is 9.97. The summed E-state index contributed by atoms with van der Waals surface area (Å²) in [6.45, 7) is 5.65. The van der Waals surface area contributed by atoms with Crippen molar-refractivity contribution < 1.29 is 13.9 Å². The van der Waals surface area contributed by atoms with E-state index in [-0.39, 0.29) is 6.42 Å². The lowest BCUT2D eigenvalue weighted by Crippen LogP contribution is -2.34. The molecule has 3 nitrogen and oxygen atoms in total. The van der Waals surface area contributed by atoms with Gasteiger partial charge in [0, 0.05) is 11.8 Å². The van der Waals surface area contributed by atoms with Gasteiger partial charge in [0.2, 0.25) is 5.67 Å². The molecule has 0 radical (unpaired) electrons. The predicted molar refractivity (Wildman–Crippen MR) is 142 cm³/mol. The molecule has 3 aromatic rings. The Morgan fingerprint density at radius 1 is 0.857 bits per heavy atom. The van der Waals surface area contributed by atoms with Gasteiger partial charge in [-0.15, -0.1) is 0 Å². The maximum atomic E-state index is 14.9. The number of nitrogens with zero attached hydrogens (tertiary/aromatic N) is 1. The number of alkyl halides is 1. The quantitative estimate of drug-likeness (QED) is 0.141. The zero-order valence-electron chi connectivity index (χ0n) is 21.4. The summed E-state index contributed by atoms with van der Waals surface area (Å²) in [6.07, 6.45) is 10.5. The van der Waals surface area contributed by atoms with Gasteiger partial charge in [-0.2, -0.15) is 0 Å². The average molecular weight is 476 g/mol. The minimum absolute atomic E-state index is 0.186. The van der Waals surface area contributed by atoms with Crippen LogP contribution < -0.4 is 4.74 Å². The number of aromatic nitrogens is 1. The molecule has 1 heterocycles. The summed E-state index contributed by atoms with van der Waals surface area (Å²) in [4.78, 5) is 17.1. The van der Waals surface area contributed by atoms with Gasteiger partial charge in [0.05, 0.1) is 5.69 Å². The summed E-state index contributed by atoms with van der Waals surface area (Å²) in [7, 11) is 0. The van der Waals surface area contributed by atoms with Gasteiger partial charge in [0.15, 0.2) is 0 Å². The molecule has 0 aliphatic heterocycles. The van der Waals surface area contributed by atoms with Crippen molar-refractivity contribution in [2.45, 2.75) is 84.2 Å². The molecule has 0 N–H and O–H groups in total. The Morgan fingerprint density at radius 2 is 1.54 bits per heavy atom. The number of halogens is 1. The molecule has 0 saturated carbocycles. The van der Waals surface area contributed by atoms with E-state index in [2.05, 4.69) is 38.1 Å². The Kier molecular flexibility index (Phi) is 10.0. The van der Waals surface area contributed by atoms with Crippen molar-refractivity contribution >= 4 is 5.97 Å². The Labute approximate surface area is 209 Å². The highest BCUT2D eigenvalue weighted by Gasteiger charge is 2.34. The molecule has 0 aliphatic rings. The minimum atomic E-state index is -1.98. The summed E-state index contributed by atoms with van der Waals surface area (Å²) in [5.41, 5.74) is 3.26. The molecule has 2 aromatic carbocycles. The van der Waals surface area contributed by atoms with Crippen molar-refractivity contribution in [1.29, 1.82) is 0 Å². The van der Waals surface area contributed by atoms with Crippen LogP contribution in [0.2, 0.25) is 0 Å². The molecular weight excluding hydrogens is 437 g/mol. The number of benzene rings is 2. The Balaban J connectivity index is 1.67. The second-order valence-corrected chi connectivity index (χ2v) is 9.48. The van der Waals surface area contributed by atoms with Gasteiger partial charge in [-0.1, -0.05) is 88.4 Å². The lowest BCUT2D eigenvalue weighted by molar-refractivity contribution is -0.147. The third kappa shape index (κ3) is 7.74. The van der Waals surface area contributed by atoms with Gasteiger partial charge in [-0.3, -0.25) is 4.98 Å².